The minimum Gasteiger partial charge on any atom is -0.478 e. The molecule has 0 unspecified atom stereocenters. The second-order valence-corrected chi connectivity index (χ2v) is 4.80. The number of benzene rings is 1. The molecule has 3 N–H and O–H groups in total. The third-order valence-electron chi connectivity index (χ3n) is 2.24. The number of carboxylic acids is 1. The number of halogens is 1. The standard InChI is InChI=1S/C12H9ClN2O3S/c13-7-1-2-9(11(16)17)10(5-7)15-12(18)14-8-3-4-19-6-8/h1-6H,(H,16,17)(H2,14,15,18). The van der Waals surface area contributed by atoms with Gasteiger partial charge in [-0.25, -0.2) is 9.59 Å². The van der Waals surface area contributed by atoms with Gasteiger partial charge in [0.1, 0.15) is 0 Å². The van der Waals surface area contributed by atoms with Crippen LogP contribution in [0.15, 0.2) is 35.0 Å². The summed E-state index contributed by atoms with van der Waals surface area (Å²) in [5, 5.41) is 18.0. The predicted octanol–water partition coefficient (Wildman–Crippen LogP) is 3.74. The van der Waals surface area contributed by atoms with Crippen molar-refractivity contribution in [1.29, 1.82) is 0 Å². The SMILES string of the molecule is O=C(Nc1ccsc1)Nc1cc(Cl)ccc1C(=O)O. The van der Waals surface area contributed by atoms with Gasteiger partial charge in [0.15, 0.2) is 0 Å². The number of rotatable bonds is 3. The average molecular weight is 297 g/mol. The van der Waals surface area contributed by atoms with Gasteiger partial charge >= 0.3 is 12.0 Å². The zero-order chi connectivity index (χ0) is 13.8. The largest absolute Gasteiger partial charge is 0.478 e. The lowest BCUT2D eigenvalue weighted by Gasteiger charge is -2.09. The number of anilines is 2. The van der Waals surface area contributed by atoms with Crippen LogP contribution >= 0.6 is 22.9 Å². The molecule has 1 heterocycles. The molecule has 2 rings (SSSR count). The Balaban J connectivity index is 2.16. The van der Waals surface area contributed by atoms with E-state index in [9.17, 15) is 9.59 Å². The van der Waals surface area contributed by atoms with Gasteiger partial charge in [-0.15, -0.1) is 0 Å². The number of amides is 2. The highest BCUT2D eigenvalue weighted by Gasteiger charge is 2.13. The lowest BCUT2D eigenvalue weighted by molar-refractivity contribution is 0.0698. The first-order valence-corrected chi connectivity index (χ1v) is 6.51. The van der Waals surface area contributed by atoms with Crippen LogP contribution in [0.2, 0.25) is 5.02 Å². The first-order chi connectivity index (χ1) is 9.06. The molecule has 5 nitrogen and oxygen atoms in total. The molecule has 0 radical (unpaired) electrons. The number of nitrogens with one attached hydrogen (secondary N) is 2. The molecule has 19 heavy (non-hydrogen) atoms. The molecule has 0 bridgehead atoms. The summed E-state index contributed by atoms with van der Waals surface area (Å²) in [6.07, 6.45) is 0. The van der Waals surface area contributed by atoms with Crippen molar-refractivity contribution in [2.24, 2.45) is 0 Å². The molecule has 0 saturated heterocycles. The lowest BCUT2D eigenvalue weighted by Crippen LogP contribution is -2.20. The molecule has 7 heteroatoms. The van der Waals surface area contributed by atoms with Crippen molar-refractivity contribution in [3.8, 4) is 0 Å². The molecule has 98 valence electrons. The molecular weight excluding hydrogens is 288 g/mol. The molecule has 0 spiro atoms. The van der Waals surface area contributed by atoms with E-state index in [-0.39, 0.29) is 11.3 Å². The van der Waals surface area contributed by atoms with E-state index < -0.39 is 12.0 Å². The number of hydrogen-bond donors (Lipinski definition) is 3. The summed E-state index contributed by atoms with van der Waals surface area (Å²) >= 11 is 7.23. The van der Waals surface area contributed by atoms with Crippen LogP contribution in [0.25, 0.3) is 0 Å². The van der Waals surface area contributed by atoms with Crippen LogP contribution < -0.4 is 10.6 Å². The van der Waals surface area contributed by atoms with E-state index in [1.165, 1.54) is 29.5 Å². The monoisotopic (exact) mass is 296 g/mol. The summed E-state index contributed by atoms with van der Waals surface area (Å²) in [5.41, 5.74) is 0.763. The molecule has 0 saturated carbocycles. The Hall–Kier alpha value is -2.05. The summed E-state index contributed by atoms with van der Waals surface area (Å²) in [4.78, 5) is 22.7. The van der Waals surface area contributed by atoms with Crippen LogP contribution in [-0.4, -0.2) is 17.1 Å². The molecule has 1 aromatic heterocycles. The number of carbonyl (C=O) groups is 2. The summed E-state index contributed by atoms with van der Waals surface area (Å²) in [5.74, 6) is -1.14. The van der Waals surface area contributed by atoms with Crippen LogP contribution in [0.5, 0.6) is 0 Å². The highest BCUT2D eigenvalue weighted by Crippen LogP contribution is 2.21. The quantitative estimate of drug-likeness (QED) is 0.807. The number of carbonyl (C=O) groups excluding carboxylic acids is 1. The summed E-state index contributed by atoms with van der Waals surface area (Å²) in [6, 6.07) is 5.39. The molecule has 0 fully saturated rings. The Morgan fingerprint density at radius 3 is 2.63 bits per heavy atom. The number of hydrogen-bond acceptors (Lipinski definition) is 3. The van der Waals surface area contributed by atoms with Crippen molar-refractivity contribution in [2.45, 2.75) is 0 Å². The Kier molecular flexibility index (Phi) is 4.03. The maximum Gasteiger partial charge on any atom is 0.337 e. The zero-order valence-electron chi connectivity index (χ0n) is 9.51. The lowest BCUT2D eigenvalue weighted by atomic mass is 10.2. The Labute approximate surface area is 117 Å². The number of carboxylic acid groups (broad SMARTS) is 1. The van der Waals surface area contributed by atoms with Gasteiger partial charge in [-0.3, -0.25) is 0 Å². The summed E-state index contributed by atoms with van der Waals surface area (Å²) in [6.45, 7) is 0. The van der Waals surface area contributed by atoms with Crippen molar-refractivity contribution in [3.63, 3.8) is 0 Å². The first-order valence-electron chi connectivity index (χ1n) is 5.19. The highest BCUT2D eigenvalue weighted by atomic mass is 35.5. The van der Waals surface area contributed by atoms with Crippen LogP contribution in [0.1, 0.15) is 10.4 Å². The summed E-state index contributed by atoms with van der Waals surface area (Å²) < 4.78 is 0. The van der Waals surface area contributed by atoms with Crippen molar-refractivity contribution in [3.05, 3.63) is 45.6 Å². The van der Waals surface area contributed by atoms with Gasteiger partial charge in [-0.1, -0.05) is 11.6 Å². The van der Waals surface area contributed by atoms with Crippen LogP contribution in [-0.2, 0) is 0 Å². The Morgan fingerprint density at radius 1 is 1.21 bits per heavy atom. The van der Waals surface area contributed by atoms with Gasteiger partial charge in [0.25, 0.3) is 0 Å². The number of thiophene rings is 1. The molecule has 2 amide bonds. The van der Waals surface area contributed by atoms with Gasteiger partial charge in [0.2, 0.25) is 0 Å². The van der Waals surface area contributed by atoms with Crippen molar-refractivity contribution < 1.29 is 14.7 Å². The van der Waals surface area contributed by atoms with E-state index in [1.807, 2.05) is 5.38 Å². The Morgan fingerprint density at radius 2 is 2.00 bits per heavy atom. The van der Waals surface area contributed by atoms with Crippen LogP contribution in [0.3, 0.4) is 0 Å². The van der Waals surface area contributed by atoms with E-state index in [2.05, 4.69) is 10.6 Å². The fourth-order valence-electron chi connectivity index (χ4n) is 1.43. The third-order valence-corrected chi connectivity index (χ3v) is 3.16. The van der Waals surface area contributed by atoms with Crippen molar-refractivity contribution >= 4 is 46.3 Å². The van der Waals surface area contributed by atoms with Gasteiger partial charge in [-0.05, 0) is 29.6 Å². The van der Waals surface area contributed by atoms with Crippen molar-refractivity contribution in [2.75, 3.05) is 10.6 Å². The fraction of sp³-hybridized carbons (Fsp3) is 0. The Bertz CT molecular complexity index is 613. The molecule has 0 aliphatic rings. The molecular formula is C12H9ClN2O3S. The normalized spacial score (nSPS) is 9.95. The van der Waals surface area contributed by atoms with E-state index in [1.54, 1.807) is 11.4 Å². The van der Waals surface area contributed by atoms with Gasteiger partial charge in [0.05, 0.1) is 16.9 Å². The maximum atomic E-state index is 11.7. The second-order valence-electron chi connectivity index (χ2n) is 3.59. The topological polar surface area (TPSA) is 78.4 Å². The van der Waals surface area contributed by atoms with Gasteiger partial charge < -0.3 is 15.7 Å². The minimum absolute atomic E-state index is 0.0233. The number of urea groups is 1. The van der Waals surface area contributed by atoms with E-state index in [0.717, 1.165) is 0 Å². The molecule has 2 aromatic rings. The van der Waals surface area contributed by atoms with E-state index in [4.69, 9.17) is 16.7 Å². The molecule has 0 aliphatic carbocycles. The molecule has 0 aliphatic heterocycles. The number of aromatic carboxylic acids is 1. The molecule has 0 atom stereocenters. The predicted molar refractivity (Wildman–Crippen MR) is 75.4 cm³/mol. The smallest absolute Gasteiger partial charge is 0.337 e. The van der Waals surface area contributed by atoms with Crippen LogP contribution in [0.4, 0.5) is 16.2 Å². The van der Waals surface area contributed by atoms with Gasteiger partial charge in [-0.2, -0.15) is 11.3 Å². The summed E-state index contributed by atoms with van der Waals surface area (Å²) in [7, 11) is 0. The first kappa shape index (κ1) is 13.4. The zero-order valence-corrected chi connectivity index (χ0v) is 11.1. The van der Waals surface area contributed by atoms with Gasteiger partial charge in [0, 0.05) is 10.4 Å². The fourth-order valence-corrected chi connectivity index (χ4v) is 2.19. The second kappa shape index (κ2) is 5.73. The van der Waals surface area contributed by atoms with E-state index >= 15 is 0 Å². The average Bonchev–Trinajstić information content (AvgIpc) is 2.81. The van der Waals surface area contributed by atoms with Crippen LogP contribution in [0, 0.1) is 0 Å². The highest BCUT2D eigenvalue weighted by molar-refractivity contribution is 7.08. The maximum absolute atomic E-state index is 11.7. The van der Waals surface area contributed by atoms with Crippen molar-refractivity contribution in [1.82, 2.24) is 0 Å². The molecule has 1 aromatic carbocycles. The minimum atomic E-state index is -1.14. The van der Waals surface area contributed by atoms with E-state index in [0.29, 0.717) is 10.7 Å². The third kappa shape index (κ3) is 3.46.